The number of tetrazole rings is 1. The lowest BCUT2D eigenvalue weighted by Gasteiger charge is -2.07. The van der Waals surface area contributed by atoms with Crippen molar-refractivity contribution in [1.29, 1.82) is 0 Å². The second-order valence-corrected chi connectivity index (χ2v) is 4.02. The predicted molar refractivity (Wildman–Crippen MR) is 69.6 cm³/mol. The number of nitrogens with zero attached hydrogens (tertiary/aromatic N) is 4. The minimum atomic E-state index is -1.05. The summed E-state index contributed by atoms with van der Waals surface area (Å²) in [5.74, 6) is -1.00. The van der Waals surface area contributed by atoms with E-state index in [9.17, 15) is 9.59 Å². The fraction of sp³-hybridized carbons (Fsp3) is 0.182. The van der Waals surface area contributed by atoms with Crippen molar-refractivity contribution >= 4 is 23.6 Å². The number of carboxylic acids is 1. The van der Waals surface area contributed by atoms with Crippen LogP contribution in [0.25, 0.3) is 0 Å². The van der Waals surface area contributed by atoms with Gasteiger partial charge in [-0.15, -0.1) is 5.10 Å². The summed E-state index contributed by atoms with van der Waals surface area (Å²) in [6, 6.07) is 4.00. The Kier molecular flexibility index (Phi) is 3.60. The third-order valence-electron chi connectivity index (χ3n) is 2.46. The van der Waals surface area contributed by atoms with Gasteiger partial charge in [-0.25, -0.2) is 9.59 Å². The van der Waals surface area contributed by atoms with Gasteiger partial charge in [-0.2, -0.15) is 4.80 Å². The molecule has 3 N–H and O–H groups in total. The van der Waals surface area contributed by atoms with Crippen molar-refractivity contribution in [3.63, 3.8) is 0 Å². The van der Waals surface area contributed by atoms with E-state index in [2.05, 4.69) is 26.0 Å². The van der Waals surface area contributed by atoms with E-state index in [-0.39, 0.29) is 11.5 Å². The number of aromatic nitrogens is 4. The Balaban J connectivity index is 2.08. The molecule has 0 aliphatic rings. The molecule has 9 heteroatoms. The number of amides is 2. The highest BCUT2D eigenvalue weighted by atomic mass is 16.4. The number of nitrogens with one attached hydrogen (secondary N) is 2. The van der Waals surface area contributed by atoms with Crippen LogP contribution in [-0.4, -0.2) is 37.3 Å². The zero-order chi connectivity index (χ0) is 14.7. The molecule has 0 aliphatic heterocycles. The molecule has 0 unspecified atom stereocenters. The first-order valence-corrected chi connectivity index (χ1v) is 5.61. The highest BCUT2D eigenvalue weighted by Crippen LogP contribution is 2.15. The van der Waals surface area contributed by atoms with Gasteiger partial charge in [0.25, 0.3) is 5.95 Å². The maximum Gasteiger partial charge on any atom is 0.336 e. The Labute approximate surface area is 113 Å². The first kappa shape index (κ1) is 13.5. The summed E-state index contributed by atoms with van der Waals surface area (Å²) < 4.78 is 0. The number of carbonyl (C=O) groups is 2. The number of aromatic carboxylic acids is 1. The van der Waals surface area contributed by atoms with Gasteiger partial charge in [0.15, 0.2) is 0 Å². The molecule has 1 aromatic heterocycles. The Hall–Kier alpha value is -2.97. The number of hydrogen-bond acceptors (Lipinski definition) is 5. The maximum atomic E-state index is 11.7. The van der Waals surface area contributed by atoms with Crippen LogP contribution >= 0.6 is 0 Å². The number of aryl methyl sites for hydroxylation is 2. The zero-order valence-corrected chi connectivity index (χ0v) is 10.8. The molecule has 0 radical (unpaired) electrons. The highest BCUT2D eigenvalue weighted by Gasteiger charge is 2.10. The van der Waals surface area contributed by atoms with Crippen LogP contribution in [0, 0.1) is 6.92 Å². The van der Waals surface area contributed by atoms with Gasteiger partial charge < -0.3 is 10.4 Å². The van der Waals surface area contributed by atoms with E-state index < -0.39 is 12.0 Å². The number of carboxylic acid groups (broad SMARTS) is 1. The van der Waals surface area contributed by atoms with Gasteiger partial charge in [-0.3, -0.25) is 5.32 Å². The van der Waals surface area contributed by atoms with Crippen LogP contribution in [0.4, 0.5) is 16.4 Å². The van der Waals surface area contributed by atoms with Crippen LogP contribution in [0.2, 0.25) is 0 Å². The van der Waals surface area contributed by atoms with Crippen molar-refractivity contribution in [2.45, 2.75) is 6.92 Å². The fourth-order valence-corrected chi connectivity index (χ4v) is 1.53. The third kappa shape index (κ3) is 3.07. The molecule has 0 aliphatic carbocycles. The van der Waals surface area contributed by atoms with E-state index in [1.54, 1.807) is 26.1 Å². The normalized spacial score (nSPS) is 10.1. The van der Waals surface area contributed by atoms with E-state index in [0.29, 0.717) is 11.3 Å². The summed E-state index contributed by atoms with van der Waals surface area (Å²) in [5, 5.41) is 24.8. The van der Waals surface area contributed by atoms with Crippen molar-refractivity contribution in [2.75, 3.05) is 10.6 Å². The van der Waals surface area contributed by atoms with Crippen LogP contribution in [0.3, 0.4) is 0 Å². The van der Waals surface area contributed by atoms with E-state index in [0.717, 1.165) is 0 Å². The van der Waals surface area contributed by atoms with Crippen LogP contribution in [0.1, 0.15) is 15.9 Å². The van der Waals surface area contributed by atoms with Gasteiger partial charge >= 0.3 is 12.0 Å². The van der Waals surface area contributed by atoms with Crippen molar-refractivity contribution < 1.29 is 14.7 Å². The molecular formula is C11H12N6O3. The number of anilines is 2. The summed E-state index contributed by atoms with van der Waals surface area (Å²) in [5.41, 5.74) is 1.09. The van der Waals surface area contributed by atoms with E-state index in [1.165, 1.54) is 10.9 Å². The van der Waals surface area contributed by atoms with Crippen LogP contribution in [-0.2, 0) is 7.05 Å². The number of urea groups is 1. The lowest BCUT2D eigenvalue weighted by Crippen LogP contribution is -2.20. The quantitative estimate of drug-likeness (QED) is 0.764. The Morgan fingerprint density at radius 3 is 2.65 bits per heavy atom. The third-order valence-corrected chi connectivity index (χ3v) is 2.46. The summed E-state index contributed by atoms with van der Waals surface area (Å²) in [4.78, 5) is 23.9. The Morgan fingerprint density at radius 2 is 2.05 bits per heavy atom. The van der Waals surface area contributed by atoms with Crippen molar-refractivity contribution in [3.05, 3.63) is 29.3 Å². The number of hydrogen-bond donors (Lipinski definition) is 3. The van der Waals surface area contributed by atoms with Gasteiger partial charge in [0.05, 0.1) is 12.6 Å². The van der Waals surface area contributed by atoms with Gasteiger partial charge in [0.2, 0.25) is 0 Å². The largest absolute Gasteiger partial charge is 0.478 e. The first-order valence-electron chi connectivity index (χ1n) is 5.61. The standard InChI is InChI=1S/C11H12N6O3/c1-6-3-4-7(5-8(6)9(18)19)12-11(20)13-10-14-16-17(2)15-10/h3-5H,1-2H3,(H,18,19)(H2,12,13,15,20). The molecule has 20 heavy (non-hydrogen) atoms. The zero-order valence-electron chi connectivity index (χ0n) is 10.8. The smallest absolute Gasteiger partial charge is 0.336 e. The van der Waals surface area contributed by atoms with Gasteiger partial charge in [-0.05, 0) is 29.8 Å². The van der Waals surface area contributed by atoms with Gasteiger partial charge in [0, 0.05) is 5.69 Å². The molecule has 0 spiro atoms. The molecule has 2 aromatic rings. The fourth-order valence-electron chi connectivity index (χ4n) is 1.53. The SMILES string of the molecule is Cc1ccc(NC(=O)Nc2nnn(C)n2)cc1C(=O)O. The molecule has 104 valence electrons. The monoisotopic (exact) mass is 276 g/mol. The van der Waals surface area contributed by atoms with Gasteiger partial charge in [0.1, 0.15) is 0 Å². The van der Waals surface area contributed by atoms with Crippen molar-refractivity contribution in [3.8, 4) is 0 Å². The van der Waals surface area contributed by atoms with Crippen molar-refractivity contribution in [1.82, 2.24) is 20.2 Å². The molecule has 1 aromatic carbocycles. The molecule has 0 fully saturated rings. The van der Waals surface area contributed by atoms with E-state index in [1.807, 2.05) is 0 Å². The lowest BCUT2D eigenvalue weighted by molar-refractivity contribution is 0.0696. The van der Waals surface area contributed by atoms with E-state index >= 15 is 0 Å². The summed E-state index contributed by atoms with van der Waals surface area (Å²) in [6.45, 7) is 1.68. The Bertz CT molecular complexity index is 666. The minimum absolute atomic E-state index is 0.0515. The van der Waals surface area contributed by atoms with Gasteiger partial charge in [-0.1, -0.05) is 11.2 Å². The first-order chi connectivity index (χ1) is 9.45. The molecule has 0 saturated carbocycles. The molecule has 2 amide bonds. The van der Waals surface area contributed by atoms with Crippen LogP contribution < -0.4 is 10.6 Å². The molecule has 0 bridgehead atoms. The molecular weight excluding hydrogens is 264 g/mol. The molecule has 0 saturated heterocycles. The summed E-state index contributed by atoms with van der Waals surface area (Å²) in [7, 11) is 1.56. The second-order valence-electron chi connectivity index (χ2n) is 4.02. The number of benzene rings is 1. The van der Waals surface area contributed by atoms with E-state index in [4.69, 9.17) is 5.11 Å². The second kappa shape index (κ2) is 5.34. The maximum absolute atomic E-state index is 11.7. The molecule has 1 heterocycles. The van der Waals surface area contributed by atoms with Crippen LogP contribution in [0.5, 0.6) is 0 Å². The number of rotatable bonds is 3. The number of carbonyl (C=O) groups excluding carboxylic acids is 1. The average Bonchev–Trinajstić information content (AvgIpc) is 2.76. The molecule has 0 atom stereocenters. The topological polar surface area (TPSA) is 122 Å². The Morgan fingerprint density at radius 1 is 1.30 bits per heavy atom. The highest BCUT2D eigenvalue weighted by molar-refractivity contribution is 5.99. The predicted octanol–water partition coefficient (Wildman–Crippen LogP) is 0.861. The van der Waals surface area contributed by atoms with Crippen molar-refractivity contribution in [2.24, 2.45) is 7.05 Å². The summed E-state index contributed by atoms with van der Waals surface area (Å²) >= 11 is 0. The summed E-state index contributed by atoms with van der Waals surface area (Å²) in [6.07, 6.45) is 0. The average molecular weight is 276 g/mol. The lowest BCUT2D eigenvalue weighted by atomic mass is 10.1. The molecule has 9 nitrogen and oxygen atoms in total. The van der Waals surface area contributed by atoms with Crippen LogP contribution in [0.15, 0.2) is 18.2 Å². The minimum Gasteiger partial charge on any atom is -0.478 e. The molecule has 2 rings (SSSR count).